The quantitative estimate of drug-likeness (QED) is 0.912. The number of rotatable bonds is 5. The first-order valence-electron chi connectivity index (χ1n) is 7.00. The molecule has 4 heteroatoms. The maximum atomic E-state index is 11.8. The van der Waals surface area contributed by atoms with Crippen molar-refractivity contribution in [2.45, 2.75) is 26.8 Å². The van der Waals surface area contributed by atoms with Gasteiger partial charge in [0.1, 0.15) is 11.3 Å². The summed E-state index contributed by atoms with van der Waals surface area (Å²) >= 11 is 0. The van der Waals surface area contributed by atoms with E-state index >= 15 is 0 Å². The van der Waals surface area contributed by atoms with Gasteiger partial charge in [0.05, 0.1) is 12.6 Å². The number of benzene rings is 1. The summed E-state index contributed by atoms with van der Waals surface area (Å²) in [7, 11) is 1.81. The minimum atomic E-state index is 0.0107. The zero-order valence-electron chi connectivity index (χ0n) is 12.6. The molecule has 0 aliphatic heterocycles. The number of carbonyl (C=O) groups excluding carboxylic acids is 1. The molecular weight excluding hydrogens is 252 g/mol. The fourth-order valence-corrected chi connectivity index (χ4v) is 2.25. The zero-order valence-corrected chi connectivity index (χ0v) is 12.6. The summed E-state index contributed by atoms with van der Waals surface area (Å²) in [6, 6.07) is 8.01. The van der Waals surface area contributed by atoms with E-state index in [1.54, 1.807) is 11.9 Å². The van der Waals surface area contributed by atoms with Gasteiger partial charge in [0, 0.05) is 19.0 Å². The Kier molecular flexibility index (Phi) is 4.45. The second kappa shape index (κ2) is 6.09. The number of furan rings is 1. The number of fused-ring (bicyclic) bond motifs is 1. The topological polar surface area (TPSA) is 45.5 Å². The van der Waals surface area contributed by atoms with Crippen molar-refractivity contribution < 1.29 is 9.21 Å². The molecule has 1 atom stereocenters. The van der Waals surface area contributed by atoms with E-state index < -0.39 is 0 Å². The molecule has 1 aromatic heterocycles. The lowest BCUT2D eigenvalue weighted by molar-refractivity contribution is -0.128. The lowest BCUT2D eigenvalue weighted by Crippen LogP contribution is -2.36. The maximum absolute atomic E-state index is 11.8. The second-order valence-electron chi connectivity index (χ2n) is 5.10. The van der Waals surface area contributed by atoms with Crippen LogP contribution < -0.4 is 5.32 Å². The Bertz CT molecular complexity index is 604. The Morgan fingerprint density at radius 1 is 1.40 bits per heavy atom. The standard InChI is InChI=1S/C16H22N2O2/c1-5-18(4)15(19)10-17-12(3)16-11(2)13-8-6-7-9-14(13)20-16/h6-9,12,17H,5,10H2,1-4H3. The molecule has 20 heavy (non-hydrogen) atoms. The Balaban J connectivity index is 2.10. The lowest BCUT2D eigenvalue weighted by Gasteiger charge is -2.17. The van der Waals surface area contributed by atoms with Gasteiger partial charge >= 0.3 is 0 Å². The lowest BCUT2D eigenvalue weighted by atomic mass is 10.1. The van der Waals surface area contributed by atoms with Gasteiger partial charge in [-0.2, -0.15) is 0 Å². The van der Waals surface area contributed by atoms with Gasteiger partial charge in [-0.3, -0.25) is 10.1 Å². The van der Waals surface area contributed by atoms with Gasteiger partial charge in [0.25, 0.3) is 0 Å². The molecule has 1 heterocycles. The van der Waals surface area contributed by atoms with Crippen molar-refractivity contribution in [1.29, 1.82) is 0 Å². The number of nitrogens with zero attached hydrogens (tertiary/aromatic N) is 1. The normalized spacial score (nSPS) is 12.6. The van der Waals surface area contributed by atoms with E-state index in [1.807, 2.05) is 32.0 Å². The van der Waals surface area contributed by atoms with Gasteiger partial charge in [-0.05, 0) is 32.4 Å². The Morgan fingerprint density at radius 2 is 2.10 bits per heavy atom. The highest BCUT2D eigenvalue weighted by molar-refractivity contribution is 5.82. The number of likely N-dealkylation sites (N-methyl/N-ethyl adjacent to an activating group) is 1. The minimum absolute atomic E-state index is 0.0107. The van der Waals surface area contributed by atoms with Crippen LogP contribution in [0.1, 0.15) is 31.2 Å². The SMILES string of the molecule is CCN(C)C(=O)CNC(C)c1oc2ccccc2c1C. The van der Waals surface area contributed by atoms with Crippen LogP contribution in [0.3, 0.4) is 0 Å². The summed E-state index contributed by atoms with van der Waals surface area (Å²) in [5.74, 6) is 0.992. The van der Waals surface area contributed by atoms with E-state index in [0.29, 0.717) is 6.54 Å². The number of aryl methyl sites for hydroxylation is 1. The predicted octanol–water partition coefficient (Wildman–Crippen LogP) is 2.87. The predicted molar refractivity (Wildman–Crippen MR) is 80.7 cm³/mol. The molecule has 2 aromatic rings. The molecule has 1 aromatic carbocycles. The van der Waals surface area contributed by atoms with Gasteiger partial charge in [0.15, 0.2) is 0 Å². The number of nitrogens with one attached hydrogen (secondary N) is 1. The molecule has 1 amide bonds. The summed E-state index contributed by atoms with van der Waals surface area (Å²) in [6.07, 6.45) is 0. The summed E-state index contributed by atoms with van der Waals surface area (Å²) in [6.45, 7) is 7.08. The fraction of sp³-hybridized carbons (Fsp3) is 0.438. The van der Waals surface area contributed by atoms with Gasteiger partial charge < -0.3 is 9.32 Å². The number of para-hydroxylation sites is 1. The van der Waals surface area contributed by atoms with Gasteiger partial charge in [-0.1, -0.05) is 18.2 Å². The fourth-order valence-electron chi connectivity index (χ4n) is 2.25. The van der Waals surface area contributed by atoms with Crippen molar-refractivity contribution >= 4 is 16.9 Å². The van der Waals surface area contributed by atoms with Crippen LogP contribution in [0.4, 0.5) is 0 Å². The van der Waals surface area contributed by atoms with Gasteiger partial charge in [-0.25, -0.2) is 0 Å². The van der Waals surface area contributed by atoms with Crippen molar-refractivity contribution in [2.75, 3.05) is 20.1 Å². The largest absolute Gasteiger partial charge is 0.459 e. The Hall–Kier alpha value is -1.81. The van der Waals surface area contributed by atoms with Crippen molar-refractivity contribution in [2.24, 2.45) is 0 Å². The van der Waals surface area contributed by atoms with Crippen LogP contribution in [0.5, 0.6) is 0 Å². The van der Waals surface area contributed by atoms with E-state index in [9.17, 15) is 4.79 Å². The highest BCUT2D eigenvalue weighted by Gasteiger charge is 2.17. The molecule has 4 nitrogen and oxygen atoms in total. The maximum Gasteiger partial charge on any atom is 0.236 e. The van der Waals surface area contributed by atoms with Crippen LogP contribution in [0.15, 0.2) is 28.7 Å². The van der Waals surface area contributed by atoms with E-state index in [-0.39, 0.29) is 11.9 Å². The van der Waals surface area contributed by atoms with E-state index in [0.717, 1.165) is 28.8 Å². The average Bonchev–Trinajstić information content (AvgIpc) is 2.81. The Morgan fingerprint density at radius 3 is 2.75 bits per heavy atom. The molecule has 2 rings (SSSR count). The third-order valence-corrected chi connectivity index (χ3v) is 3.73. The molecule has 0 aliphatic carbocycles. The van der Waals surface area contributed by atoms with Crippen molar-refractivity contribution in [3.05, 3.63) is 35.6 Å². The molecule has 0 saturated heterocycles. The molecule has 0 spiro atoms. The number of carbonyl (C=O) groups is 1. The first-order chi connectivity index (χ1) is 9.54. The van der Waals surface area contributed by atoms with Gasteiger partial charge in [0.2, 0.25) is 5.91 Å². The summed E-state index contributed by atoms with van der Waals surface area (Å²) in [5, 5.41) is 4.36. The highest BCUT2D eigenvalue weighted by Crippen LogP contribution is 2.28. The summed E-state index contributed by atoms with van der Waals surface area (Å²) in [4.78, 5) is 13.5. The highest BCUT2D eigenvalue weighted by atomic mass is 16.3. The Labute approximate surface area is 119 Å². The van der Waals surface area contributed by atoms with Gasteiger partial charge in [-0.15, -0.1) is 0 Å². The number of amides is 1. The van der Waals surface area contributed by atoms with Crippen molar-refractivity contribution in [3.8, 4) is 0 Å². The number of hydrogen-bond acceptors (Lipinski definition) is 3. The monoisotopic (exact) mass is 274 g/mol. The molecule has 1 unspecified atom stereocenters. The van der Waals surface area contributed by atoms with Crippen molar-refractivity contribution in [1.82, 2.24) is 10.2 Å². The smallest absolute Gasteiger partial charge is 0.236 e. The van der Waals surface area contributed by atoms with E-state index in [2.05, 4.69) is 18.3 Å². The summed E-state index contributed by atoms with van der Waals surface area (Å²) in [5.41, 5.74) is 2.03. The number of hydrogen-bond donors (Lipinski definition) is 1. The third-order valence-electron chi connectivity index (χ3n) is 3.73. The first kappa shape index (κ1) is 14.6. The molecular formula is C16H22N2O2. The van der Waals surface area contributed by atoms with Crippen LogP contribution in [-0.2, 0) is 4.79 Å². The molecule has 0 fully saturated rings. The van der Waals surface area contributed by atoms with Crippen LogP contribution in [-0.4, -0.2) is 30.9 Å². The zero-order chi connectivity index (χ0) is 14.7. The van der Waals surface area contributed by atoms with Crippen LogP contribution >= 0.6 is 0 Å². The molecule has 108 valence electrons. The van der Waals surface area contributed by atoms with Crippen LogP contribution in [0, 0.1) is 6.92 Å². The molecule has 0 radical (unpaired) electrons. The second-order valence-corrected chi connectivity index (χ2v) is 5.10. The van der Waals surface area contributed by atoms with Crippen LogP contribution in [0.2, 0.25) is 0 Å². The average molecular weight is 274 g/mol. The first-order valence-corrected chi connectivity index (χ1v) is 7.00. The van der Waals surface area contributed by atoms with E-state index in [4.69, 9.17) is 4.42 Å². The van der Waals surface area contributed by atoms with Crippen molar-refractivity contribution in [3.63, 3.8) is 0 Å². The molecule has 0 saturated carbocycles. The molecule has 0 aliphatic rings. The molecule has 0 bridgehead atoms. The summed E-state index contributed by atoms with van der Waals surface area (Å²) < 4.78 is 5.89. The molecule has 1 N–H and O–H groups in total. The minimum Gasteiger partial charge on any atom is -0.459 e. The third kappa shape index (κ3) is 2.85. The van der Waals surface area contributed by atoms with Crippen LogP contribution in [0.25, 0.3) is 11.0 Å². The van der Waals surface area contributed by atoms with E-state index in [1.165, 1.54) is 0 Å².